The standard InChI is InChI=1S/C16H36N.C12H6F12O2.FH/c1-5-9-13-17(14-10-6-2,15-11-7-3)16-12-8-4;13-9(14,15)7(25,10(16,17)18)5-2-1-3-6(4-5)8(26,11(19,20)21)12(22,23)24;/h5-16H2,1-4H3;1-4,25-26H;1H/q+1;;/p-1. The van der Waals surface area contributed by atoms with E-state index >= 15 is 0 Å². The molecule has 0 spiro atoms. The van der Waals surface area contributed by atoms with Crippen molar-refractivity contribution >= 4 is 0 Å². The second-order valence-electron chi connectivity index (χ2n) is 10.6. The van der Waals surface area contributed by atoms with E-state index in [1.165, 1.54) is 82.0 Å². The van der Waals surface area contributed by atoms with Crippen molar-refractivity contribution in [1.82, 2.24) is 0 Å². The van der Waals surface area contributed by atoms with E-state index in [-0.39, 0.29) is 22.9 Å². The van der Waals surface area contributed by atoms with Gasteiger partial charge in [0.15, 0.2) is 0 Å². The molecule has 1 aromatic carbocycles. The van der Waals surface area contributed by atoms with Gasteiger partial charge in [0.2, 0.25) is 0 Å². The zero-order valence-corrected chi connectivity index (χ0v) is 25.0. The molecule has 1 rings (SSSR count). The molecule has 0 saturated carbocycles. The number of hydrogen-bond donors (Lipinski definition) is 2. The first-order chi connectivity index (χ1) is 19.5. The molecular weight excluding hydrogens is 629 g/mol. The molecule has 16 heteroatoms. The average molecular weight is 672 g/mol. The highest BCUT2D eigenvalue weighted by atomic mass is 19.4. The molecule has 3 nitrogen and oxygen atoms in total. The van der Waals surface area contributed by atoms with Crippen molar-refractivity contribution in [3.05, 3.63) is 35.4 Å². The molecule has 0 aliphatic carbocycles. The van der Waals surface area contributed by atoms with Crippen LogP contribution < -0.4 is 4.70 Å². The number of hydrogen-bond acceptors (Lipinski definition) is 2. The van der Waals surface area contributed by atoms with Crippen LogP contribution in [0.4, 0.5) is 52.7 Å². The molecule has 44 heavy (non-hydrogen) atoms. The fraction of sp³-hybridized carbons (Fsp3) is 0.786. The molecule has 0 aliphatic rings. The van der Waals surface area contributed by atoms with E-state index < -0.39 is 53.1 Å². The maximum Gasteiger partial charge on any atom is 0.430 e. The molecule has 262 valence electrons. The van der Waals surface area contributed by atoms with Crippen LogP contribution in [0.2, 0.25) is 0 Å². The molecule has 0 unspecified atom stereocenters. The lowest BCUT2D eigenvalue weighted by molar-refractivity contribution is -0.929. The highest BCUT2D eigenvalue weighted by Crippen LogP contribution is 2.53. The largest absolute Gasteiger partial charge is 1.00 e. The summed E-state index contributed by atoms with van der Waals surface area (Å²) in [6, 6.07) is -1.26. The summed E-state index contributed by atoms with van der Waals surface area (Å²) in [5.74, 6) is 0. The van der Waals surface area contributed by atoms with Gasteiger partial charge in [-0.25, -0.2) is 0 Å². The van der Waals surface area contributed by atoms with Gasteiger partial charge in [0.05, 0.1) is 26.2 Å². The summed E-state index contributed by atoms with van der Waals surface area (Å²) in [4.78, 5) is 0. The van der Waals surface area contributed by atoms with Crippen molar-refractivity contribution < 1.29 is 72.1 Å². The first-order valence-corrected chi connectivity index (χ1v) is 14.1. The van der Waals surface area contributed by atoms with Gasteiger partial charge in [-0.2, -0.15) is 52.7 Å². The number of benzene rings is 1. The maximum absolute atomic E-state index is 12.7. The first-order valence-electron chi connectivity index (χ1n) is 14.1. The normalized spacial score (nSPS) is 13.7. The van der Waals surface area contributed by atoms with Crippen LogP contribution in [-0.2, 0) is 11.2 Å². The molecule has 1 aromatic rings. The van der Waals surface area contributed by atoms with Gasteiger partial charge in [-0.1, -0.05) is 71.6 Å². The molecule has 0 atom stereocenters. The highest BCUT2D eigenvalue weighted by Gasteiger charge is 2.74. The predicted octanol–water partition coefficient (Wildman–Crippen LogP) is 6.32. The Morgan fingerprint density at radius 1 is 0.500 bits per heavy atom. The number of nitrogens with zero attached hydrogens (tertiary/aromatic N) is 1. The number of rotatable bonds is 14. The van der Waals surface area contributed by atoms with E-state index in [1.807, 2.05) is 0 Å². The third-order valence-electron chi connectivity index (χ3n) is 7.28. The lowest BCUT2D eigenvalue weighted by atomic mass is 9.85. The van der Waals surface area contributed by atoms with E-state index in [1.54, 1.807) is 0 Å². The van der Waals surface area contributed by atoms with E-state index in [0.29, 0.717) is 0 Å². The third kappa shape index (κ3) is 10.6. The van der Waals surface area contributed by atoms with Gasteiger partial charge in [-0.3, -0.25) is 0 Å². The lowest BCUT2D eigenvalue weighted by Crippen LogP contribution is -3.00. The van der Waals surface area contributed by atoms with E-state index in [2.05, 4.69) is 27.7 Å². The average Bonchev–Trinajstić information content (AvgIpc) is 2.89. The molecule has 0 bridgehead atoms. The summed E-state index contributed by atoms with van der Waals surface area (Å²) in [7, 11) is 0. The Morgan fingerprint density at radius 2 is 0.727 bits per heavy atom. The second-order valence-corrected chi connectivity index (χ2v) is 10.6. The van der Waals surface area contributed by atoms with E-state index in [0.717, 1.165) is 0 Å². The lowest BCUT2D eigenvalue weighted by Gasteiger charge is -2.39. The number of alkyl halides is 12. The molecule has 0 aromatic heterocycles. The fourth-order valence-corrected chi connectivity index (χ4v) is 4.59. The monoisotopic (exact) mass is 671 g/mol. The van der Waals surface area contributed by atoms with E-state index in [9.17, 15) is 52.7 Å². The van der Waals surface area contributed by atoms with Crippen LogP contribution in [0.3, 0.4) is 0 Å². The maximum atomic E-state index is 12.7. The number of aliphatic hydroxyl groups is 2. The Bertz CT molecular complexity index is 822. The molecule has 0 heterocycles. The minimum absolute atomic E-state index is 0. The predicted molar refractivity (Wildman–Crippen MR) is 138 cm³/mol. The van der Waals surface area contributed by atoms with Crippen molar-refractivity contribution in [3.8, 4) is 0 Å². The van der Waals surface area contributed by atoms with Gasteiger partial charge in [-0.15, -0.1) is 0 Å². The summed E-state index contributed by atoms with van der Waals surface area (Å²) in [6.07, 6.45) is -15.1. The zero-order valence-electron chi connectivity index (χ0n) is 25.0. The minimum Gasteiger partial charge on any atom is -1.00 e. The van der Waals surface area contributed by atoms with Crippen molar-refractivity contribution in [2.75, 3.05) is 26.2 Å². The molecule has 0 saturated heterocycles. The van der Waals surface area contributed by atoms with Gasteiger partial charge in [0.25, 0.3) is 11.2 Å². The van der Waals surface area contributed by atoms with Crippen LogP contribution in [0.5, 0.6) is 0 Å². The summed E-state index contributed by atoms with van der Waals surface area (Å²) in [6.45, 7) is 15.0. The molecule has 0 aliphatic heterocycles. The van der Waals surface area contributed by atoms with Crippen molar-refractivity contribution in [3.63, 3.8) is 0 Å². The molecule has 2 N–H and O–H groups in total. The second kappa shape index (κ2) is 17.2. The quantitative estimate of drug-likeness (QED) is 0.180. The third-order valence-corrected chi connectivity index (χ3v) is 7.28. The van der Waals surface area contributed by atoms with Gasteiger partial charge >= 0.3 is 24.7 Å². The first kappa shape index (κ1) is 44.3. The van der Waals surface area contributed by atoms with Gasteiger partial charge in [-0.05, 0) is 31.7 Å². The van der Waals surface area contributed by atoms with Crippen molar-refractivity contribution in [2.45, 2.75) is 115 Å². The summed E-state index contributed by atoms with van der Waals surface area (Å²) >= 11 is 0. The summed E-state index contributed by atoms with van der Waals surface area (Å²) < 4.78 is 154. The van der Waals surface area contributed by atoms with Gasteiger partial charge in [0, 0.05) is 11.1 Å². The van der Waals surface area contributed by atoms with Crippen LogP contribution in [-0.4, -0.2) is 65.6 Å². The van der Waals surface area contributed by atoms with Gasteiger partial charge < -0.3 is 19.4 Å². The van der Waals surface area contributed by atoms with Crippen LogP contribution in [0.25, 0.3) is 0 Å². The number of quaternary nitrogens is 1. The highest BCUT2D eigenvalue weighted by molar-refractivity contribution is 5.36. The van der Waals surface area contributed by atoms with Crippen molar-refractivity contribution in [2.24, 2.45) is 0 Å². The van der Waals surface area contributed by atoms with Crippen LogP contribution in [0, 0.1) is 0 Å². The summed E-state index contributed by atoms with van der Waals surface area (Å²) in [5.41, 5.74) is -16.3. The molecule has 0 amide bonds. The van der Waals surface area contributed by atoms with Crippen LogP contribution >= 0.6 is 0 Å². The Balaban J connectivity index is 0. The number of halogens is 13. The van der Waals surface area contributed by atoms with Gasteiger partial charge in [0.1, 0.15) is 0 Å². The number of unbranched alkanes of at least 4 members (excludes halogenated alkanes) is 4. The fourth-order valence-electron chi connectivity index (χ4n) is 4.59. The minimum atomic E-state index is -6.54. The van der Waals surface area contributed by atoms with Crippen molar-refractivity contribution in [1.29, 1.82) is 0 Å². The molecule has 0 fully saturated rings. The Hall–Kier alpha value is -1.81. The van der Waals surface area contributed by atoms with E-state index in [4.69, 9.17) is 10.2 Å². The molecule has 0 radical (unpaired) electrons. The summed E-state index contributed by atoms with van der Waals surface area (Å²) in [5, 5.41) is 18.1. The van der Waals surface area contributed by atoms with Crippen LogP contribution in [0.15, 0.2) is 24.3 Å². The van der Waals surface area contributed by atoms with Crippen LogP contribution in [0.1, 0.15) is 90.2 Å². The zero-order chi connectivity index (χ0) is 34.0. The SMILES string of the molecule is CCCC[N+](CCCC)(CCCC)CCCC.OC(c1cccc(C(O)(C(F)(F)F)C(F)(F)F)c1)(C(F)(F)F)C(F)(F)F.[F-]. The smallest absolute Gasteiger partial charge is 0.430 e. The molecular formula is C28H42F13NO2. The topological polar surface area (TPSA) is 40.5 Å². The Kier molecular flexibility index (Phi) is 17.3. The Labute approximate surface area is 249 Å². The Morgan fingerprint density at radius 3 is 0.909 bits per heavy atom.